The first-order valence-electron chi connectivity index (χ1n) is 3.83. The van der Waals surface area contributed by atoms with Gasteiger partial charge in [0.1, 0.15) is 0 Å². The smallest absolute Gasteiger partial charge is 0.207 e. The van der Waals surface area contributed by atoms with Crippen LogP contribution in [0.1, 0.15) is 27.7 Å². The van der Waals surface area contributed by atoms with Crippen LogP contribution in [0.25, 0.3) is 0 Å². The Kier molecular flexibility index (Phi) is 4.11. The predicted octanol–water partition coefficient (Wildman–Crippen LogP) is 0.936. The van der Waals surface area contributed by atoms with Gasteiger partial charge in [0.05, 0.1) is 11.7 Å². The molecule has 3 heteroatoms. The summed E-state index contributed by atoms with van der Waals surface area (Å²) in [4.78, 5) is 9.97. The number of rotatable bonds is 5. The van der Waals surface area contributed by atoms with Crippen LogP contribution in [0.15, 0.2) is 0 Å². The summed E-state index contributed by atoms with van der Waals surface area (Å²) in [6.45, 7) is 8.40. The van der Waals surface area contributed by atoms with Crippen molar-refractivity contribution in [1.29, 1.82) is 0 Å². The summed E-state index contributed by atoms with van der Waals surface area (Å²) in [5.41, 5.74) is -0.269. The zero-order valence-electron chi connectivity index (χ0n) is 7.68. The maximum absolute atomic E-state index is 9.97. The normalized spacial score (nSPS) is 11.7. The SMILES string of the molecule is CC(C)OC(C)(C)CNC=O. The number of ether oxygens (including phenoxy) is 1. The molecule has 66 valence electrons. The van der Waals surface area contributed by atoms with E-state index in [0.29, 0.717) is 13.0 Å². The molecule has 0 aromatic rings. The lowest BCUT2D eigenvalue weighted by molar-refractivity contribution is -0.112. The van der Waals surface area contributed by atoms with Gasteiger partial charge in [0.25, 0.3) is 0 Å². The van der Waals surface area contributed by atoms with E-state index in [1.165, 1.54) is 0 Å². The molecule has 0 saturated carbocycles. The van der Waals surface area contributed by atoms with Gasteiger partial charge in [-0.3, -0.25) is 4.79 Å². The largest absolute Gasteiger partial charge is 0.371 e. The van der Waals surface area contributed by atoms with Crippen molar-refractivity contribution >= 4 is 6.41 Å². The van der Waals surface area contributed by atoms with Crippen molar-refractivity contribution in [2.45, 2.75) is 39.4 Å². The van der Waals surface area contributed by atoms with Gasteiger partial charge >= 0.3 is 0 Å². The Morgan fingerprint density at radius 2 is 2.09 bits per heavy atom. The van der Waals surface area contributed by atoms with Gasteiger partial charge in [-0.1, -0.05) is 0 Å². The fraction of sp³-hybridized carbons (Fsp3) is 0.875. The van der Waals surface area contributed by atoms with Crippen molar-refractivity contribution < 1.29 is 9.53 Å². The van der Waals surface area contributed by atoms with Gasteiger partial charge in [-0.2, -0.15) is 0 Å². The Balaban J connectivity index is 3.69. The first kappa shape index (κ1) is 10.4. The molecule has 11 heavy (non-hydrogen) atoms. The van der Waals surface area contributed by atoms with Crippen molar-refractivity contribution in [2.75, 3.05) is 6.54 Å². The summed E-state index contributed by atoms with van der Waals surface area (Å²) in [5.74, 6) is 0. The zero-order chi connectivity index (χ0) is 8.91. The van der Waals surface area contributed by atoms with E-state index in [2.05, 4.69) is 5.32 Å². The van der Waals surface area contributed by atoms with Crippen LogP contribution in [0.5, 0.6) is 0 Å². The summed E-state index contributed by atoms with van der Waals surface area (Å²) >= 11 is 0. The number of hydrogen-bond acceptors (Lipinski definition) is 2. The fourth-order valence-electron chi connectivity index (χ4n) is 0.967. The van der Waals surface area contributed by atoms with Crippen LogP contribution < -0.4 is 5.32 Å². The third-order valence-corrected chi connectivity index (χ3v) is 1.17. The van der Waals surface area contributed by atoms with E-state index < -0.39 is 0 Å². The highest BCUT2D eigenvalue weighted by atomic mass is 16.5. The third-order valence-electron chi connectivity index (χ3n) is 1.17. The molecule has 1 amide bonds. The van der Waals surface area contributed by atoms with Gasteiger partial charge < -0.3 is 10.1 Å². The minimum atomic E-state index is -0.269. The van der Waals surface area contributed by atoms with Gasteiger partial charge in [0, 0.05) is 6.54 Å². The lowest BCUT2D eigenvalue weighted by Crippen LogP contribution is -2.38. The second kappa shape index (κ2) is 4.34. The second-order valence-electron chi connectivity index (χ2n) is 3.43. The zero-order valence-corrected chi connectivity index (χ0v) is 7.68. The molecule has 0 heterocycles. The highest BCUT2D eigenvalue weighted by Crippen LogP contribution is 2.09. The summed E-state index contributed by atoms with van der Waals surface area (Å²) in [5, 5.41) is 2.59. The highest BCUT2D eigenvalue weighted by molar-refractivity contribution is 5.45. The van der Waals surface area contributed by atoms with E-state index in [-0.39, 0.29) is 11.7 Å². The third kappa shape index (κ3) is 5.85. The Bertz CT molecular complexity index is 121. The minimum Gasteiger partial charge on any atom is -0.371 e. The van der Waals surface area contributed by atoms with Gasteiger partial charge in [0.2, 0.25) is 6.41 Å². The van der Waals surface area contributed by atoms with Crippen LogP contribution in [-0.4, -0.2) is 24.7 Å². The Morgan fingerprint density at radius 1 is 1.55 bits per heavy atom. The predicted molar refractivity (Wildman–Crippen MR) is 44.4 cm³/mol. The van der Waals surface area contributed by atoms with Crippen LogP contribution in [-0.2, 0) is 9.53 Å². The lowest BCUT2D eigenvalue weighted by Gasteiger charge is -2.27. The maximum atomic E-state index is 9.97. The van der Waals surface area contributed by atoms with Crippen LogP contribution >= 0.6 is 0 Å². The molecule has 0 atom stereocenters. The van der Waals surface area contributed by atoms with Crippen LogP contribution in [0.4, 0.5) is 0 Å². The summed E-state index contributed by atoms with van der Waals surface area (Å²) in [6.07, 6.45) is 0.879. The first-order chi connectivity index (χ1) is 4.98. The molecule has 0 rings (SSSR count). The topological polar surface area (TPSA) is 38.3 Å². The van der Waals surface area contributed by atoms with E-state index in [4.69, 9.17) is 4.74 Å². The molecule has 0 spiro atoms. The molecule has 0 bridgehead atoms. The summed E-state index contributed by atoms with van der Waals surface area (Å²) in [7, 11) is 0. The number of amides is 1. The number of hydrogen-bond donors (Lipinski definition) is 1. The molecule has 0 radical (unpaired) electrons. The van der Waals surface area contributed by atoms with Crippen molar-refractivity contribution in [3.05, 3.63) is 0 Å². The van der Waals surface area contributed by atoms with Crippen LogP contribution in [0.2, 0.25) is 0 Å². The molecule has 0 fully saturated rings. The standard InChI is InChI=1S/C8H17NO2/c1-7(2)11-8(3,4)5-9-6-10/h6-7H,5H2,1-4H3,(H,9,10). The van der Waals surface area contributed by atoms with Gasteiger partial charge in [-0.05, 0) is 27.7 Å². The molecule has 3 nitrogen and oxygen atoms in total. The van der Waals surface area contributed by atoms with Gasteiger partial charge in [0.15, 0.2) is 0 Å². The number of carbonyl (C=O) groups excluding carboxylic acids is 1. The molecule has 0 aliphatic carbocycles. The average Bonchev–Trinajstić information content (AvgIpc) is 1.81. The van der Waals surface area contributed by atoms with Gasteiger partial charge in [-0.25, -0.2) is 0 Å². The minimum absolute atomic E-state index is 0.193. The van der Waals surface area contributed by atoms with E-state index in [1.54, 1.807) is 0 Å². The highest BCUT2D eigenvalue weighted by Gasteiger charge is 2.18. The molecule has 0 aliphatic rings. The fourth-order valence-corrected chi connectivity index (χ4v) is 0.967. The van der Waals surface area contributed by atoms with Crippen LogP contribution in [0, 0.1) is 0 Å². The summed E-state index contributed by atoms with van der Waals surface area (Å²) in [6, 6.07) is 0. The summed E-state index contributed by atoms with van der Waals surface area (Å²) < 4.78 is 5.52. The van der Waals surface area contributed by atoms with Crippen molar-refractivity contribution in [3.63, 3.8) is 0 Å². The quantitative estimate of drug-likeness (QED) is 0.606. The molecule has 1 N–H and O–H groups in total. The average molecular weight is 159 g/mol. The van der Waals surface area contributed by atoms with E-state index in [0.717, 1.165) is 0 Å². The number of nitrogens with one attached hydrogen (secondary N) is 1. The van der Waals surface area contributed by atoms with Gasteiger partial charge in [-0.15, -0.1) is 0 Å². The molecular formula is C8H17NO2. The van der Waals surface area contributed by atoms with E-state index in [1.807, 2.05) is 27.7 Å². The van der Waals surface area contributed by atoms with Crippen molar-refractivity contribution in [3.8, 4) is 0 Å². The monoisotopic (exact) mass is 159 g/mol. The number of carbonyl (C=O) groups is 1. The van der Waals surface area contributed by atoms with Crippen LogP contribution in [0.3, 0.4) is 0 Å². The first-order valence-corrected chi connectivity index (χ1v) is 3.83. The van der Waals surface area contributed by atoms with Crippen molar-refractivity contribution in [1.82, 2.24) is 5.32 Å². The second-order valence-corrected chi connectivity index (χ2v) is 3.43. The molecular weight excluding hydrogens is 142 g/mol. The Morgan fingerprint density at radius 3 is 2.45 bits per heavy atom. The molecule has 0 saturated heterocycles. The Hall–Kier alpha value is -0.570. The van der Waals surface area contributed by atoms with E-state index >= 15 is 0 Å². The molecule has 0 aromatic heterocycles. The van der Waals surface area contributed by atoms with E-state index in [9.17, 15) is 4.79 Å². The molecule has 0 aliphatic heterocycles. The maximum Gasteiger partial charge on any atom is 0.207 e. The lowest BCUT2D eigenvalue weighted by atomic mass is 10.1. The Labute approximate surface area is 68.1 Å². The molecule has 0 unspecified atom stereocenters. The van der Waals surface area contributed by atoms with Crippen molar-refractivity contribution in [2.24, 2.45) is 0 Å². The molecule has 0 aromatic carbocycles.